The van der Waals surface area contributed by atoms with Crippen molar-refractivity contribution in [3.05, 3.63) is 29.6 Å². The lowest BCUT2D eigenvalue weighted by atomic mass is 10.1. The smallest absolute Gasteiger partial charge is 0.289 e. The molecule has 1 aromatic rings. The van der Waals surface area contributed by atoms with Crippen molar-refractivity contribution in [2.24, 2.45) is 0 Å². The maximum absolute atomic E-state index is 11.9. The number of aryl methyl sites for hydroxylation is 1. The molecule has 0 fully saturated rings. The highest BCUT2D eigenvalue weighted by Crippen LogP contribution is 2.19. The number of pyridine rings is 1. The Morgan fingerprint density at radius 3 is 2.64 bits per heavy atom. The van der Waals surface area contributed by atoms with Crippen LogP contribution in [0, 0.1) is 6.92 Å². The van der Waals surface area contributed by atoms with Crippen LogP contribution in [0.25, 0.3) is 0 Å². The van der Waals surface area contributed by atoms with Gasteiger partial charge in [-0.15, -0.1) is 0 Å². The third kappa shape index (κ3) is 2.55. The Balaban J connectivity index is 2.80. The van der Waals surface area contributed by atoms with E-state index in [2.05, 4.69) is 4.98 Å². The summed E-state index contributed by atoms with van der Waals surface area (Å²) in [5, 5.41) is 0. The first-order valence-electron chi connectivity index (χ1n) is 3.92. The van der Waals surface area contributed by atoms with Gasteiger partial charge < -0.3 is 0 Å². The van der Waals surface area contributed by atoms with Gasteiger partial charge in [-0.3, -0.25) is 9.78 Å². The van der Waals surface area contributed by atoms with Crippen LogP contribution in [0.2, 0.25) is 0 Å². The van der Waals surface area contributed by atoms with Gasteiger partial charge in [-0.25, -0.2) is 0 Å². The minimum Gasteiger partial charge on any atom is -0.289 e. The van der Waals surface area contributed by atoms with Gasteiger partial charge in [0.15, 0.2) is 0 Å². The molecule has 14 heavy (non-hydrogen) atoms. The second-order valence-corrected chi connectivity index (χ2v) is 2.85. The number of carbonyl (C=O) groups excluding carboxylic acids is 1. The largest absolute Gasteiger partial charge is 0.450 e. The third-order valence-corrected chi connectivity index (χ3v) is 1.78. The summed E-state index contributed by atoms with van der Waals surface area (Å²) >= 11 is 0. The SMILES string of the molecule is Cc1ncccc1CC(=O)C(F)(F)F. The zero-order chi connectivity index (χ0) is 10.8. The fourth-order valence-corrected chi connectivity index (χ4v) is 0.978. The van der Waals surface area contributed by atoms with E-state index in [0.717, 1.165) is 0 Å². The number of aromatic nitrogens is 1. The van der Waals surface area contributed by atoms with Gasteiger partial charge in [0.2, 0.25) is 5.78 Å². The van der Waals surface area contributed by atoms with Gasteiger partial charge in [0, 0.05) is 18.3 Å². The Hall–Kier alpha value is -1.39. The molecule has 0 amide bonds. The highest BCUT2D eigenvalue weighted by atomic mass is 19.4. The van der Waals surface area contributed by atoms with E-state index in [-0.39, 0.29) is 0 Å². The van der Waals surface area contributed by atoms with Crippen molar-refractivity contribution in [2.45, 2.75) is 19.5 Å². The summed E-state index contributed by atoms with van der Waals surface area (Å²) in [7, 11) is 0. The monoisotopic (exact) mass is 203 g/mol. The summed E-state index contributed by atoms with van der Waals surface area (Å²) in [5.41, 5.74) is 0.764. The number of carbonyl (C=O) groups is 1. The van der Waals surface area contributed by atoms with E-state index in [4.69, 9.17) is 0 Å². The minimum absolute atomic E-state index is 0.315. The predicted molar refractivity (Wildman–Crippen MR) is 43.7 cm³/mol. The molecule has 0 unspecified atom stereocenters. The first kappa shape index (κ1) is 10.7. The van der Waals surface area contributed by atoms with Gasteiger partial charge in [0.25, 0.3) is 0 Å². The molecule has 0 saturated heterocycles. The molecule has 0 atom stereocenters. The molecular formula is C9H8F3NO. The summed E-state index contributed by atoms with van der Waals surface area (Å²) < 4.78 is 35.7. The molecule has 1 aromatic heterocycles. The zero-order valence-electron chi connectivity index (χ0n) is 7.43. The number of hydrogen-bond acceptors (Lipinski definition) is 2. The van der Waals surface area contributed by atoms with Crippen molar-refractivity contribution < 1.29 is 18.0 Å². The van der Waals surface area contributed by atoms with Crippen LogP contribution in [0.3, 0.4) is 0 Å². The Morgan fingerprint density at radius 2 is 2.14 bits per heavy atom. The van der Waals surface area contributed by atoms with E-state index in [0.29, 0.717) is 11.3 Å². The zero-order valence-corrected chi connectivity index (χ0v) is 7.43. The fraction of sp³-hybridized carbons (Fsp3) is 0.333. The predicted octanol–water partition coefficient (Wildman–Crippen LogP) is 2.06. The molecule has 0 aliphatic heterocycles. The molecule has 0 saturated carbocycles. The van der Waals surface area contributed by atoms with Crippen molar-refractivity contribution in [1.29, 1.82) is 0 Å². The number of halogens is 3. The van der Waals surface area contributed by atoms with E-state index in [1.54, 1.807) is 6.92 Å². The van der Waals surface area contributed by atoms with E-state index in [1.165, 1.54) is 18.3 Å². The Labute approximate surface area is 78.8 Å². The first-order valence-corrected chi connectivity index (χ1v) is 3.92. The maximum atomic E-state index is 11.9. The van der Waals surface area contributed by atoms with Gasteiger partial charge in [-0.05, 0) is 18.6 Å². The van der Waals surface area contributed by atoms with Gasteiger partial charge >= 0.3 is 6.18 Å². The molecule has 0 aliphatic carbocycles. The van der Waals surface area contributed by atoms with E-state index in [1.807, 2.05) is 0 Å². The highest BCUT2D eigenvalue weighted by Gasteiger charge is 2.37. The lowest BCUT2D eigenvalue weighted by molar-refractivity contribution is -0.170. The highest BCUT2D eigenvalue weighted by molar-refractivity contribution is 5.86. The average molecular weight is 203 g/mol. The van der Waals surface area contributed by atoms with Crippen molar-refractivity contribution in [2.75, 3.05) is 0 Å². The van der Waals surface area contributed by atoms with E-state index >= 15 is 0 Å². The van der Waals surface area contributed by atoms with Crippen LogP contribution >= 0.6 is 0 Å². The Morgan fingerprint density at radius 1 is 1.50 bits per heavy atom. The molecule has 0 aromatic carbocycles. The van der Waals surface area contributed by atoms with Gasteiger partial charge in [0.05, 0.1) is 0 Å². The molecule has 2 nitrogen and oxygen atoms in total. The molecule has 0 N–H and O–H groups in total. The number of alkyl halides is 3. The van der Waals surface area contributed by atoms with Crippen molar-refractivity contribution in [1.82, 2.24) is 4.98 Å². The lowest BCUT2D eigenvalue weighted by Crippen LogP contribution is -2.24. The average Bonchev–Trinajstić information content (AvgIpc) is 2.07. The van der Waals surface area contributed by atoms with Crippen LogP contribution in [-0.2, 0) is 11.2 Å². The standard InChI is InChI=1S/C9H8F3NO/c1-6-7(3-2-4-13-6)5-8(14)9(10,11)12/h2-4H,5H2,1H3. The number of rotatable bonds is 2. The molecule has 1 heterocycles. The lowest BCUT2D eigenvalue weighted by Gasteiger charge is -2.06. The summed E-state index contributed by atoms with van der Waals surface area (Å²) in [6, 6.07) is 2.97. The van der Waals surface area contributed by atoms with Crippen molar-refractivity contribution >= 4 is 5.78 Å². The second kappa shape index (κ2) is 3.77. The normalized spacial score (nSPS) is 11.4. The van der Waals surface area contributed by atoms with Crippen LogP contribution < -0.4 is 0 Å². The molecule has 0 bridgehead atoms. The fourth-order valence-electron chi connectivity index (χ4n) is 0.978. The third-order valence-electron chi connectivity index (χ3n) is 1.78. The quantitative estimate of drug-likeness (QED) is 0.736. The maximum Gasteiger partial charge on any atom is 0.450 e. The van der Waals surface area contributed by atoms with Crippen LogP contribution in [-0.4, -0.2) is 16.9 Å². The summed E-state index contributed by atoms with van der Waals surface area (Å²) in [6.07, 6.45) is -3.93. The van der Waals surface area contributed by atoms with Crippen molar-refractivity contribution in [3.63, 3.8) is 0 Å². The van der Waals surface area contributed by atoms with E-state index in [9.17, 15) is 18.0 Å². The number of hydrogen-bond donors (Lipinski definition) is 0. The first-order chi connectivity index (χ1) is 6.41. The van der Waals surface area contributed by atoms with Crippen molar-refractivity contribution in [3.8, 4) is 0 Å². The van der Waals surface area contributed by atoms with Crippen LogP contribution in [0.5, 0.6) is 0 Å². The Bertz CT molecular complexity index is 346. The molecule has 1 rings (SSSR count). The molecule has 0 radical (unpaired) electrons. The summed E-state index contributed by atoms with van der Waals surface area (Å²) in [6.45, 7) is 1.57. The van der Waals surface area contributed by atoms with Gasteiger partial charge in [-0.2, -0.15) is 13.2 Å². The minimum atomic E-state index is -4.76. The van der Waals surface area contributed by atoms with Gasteiger partial charge in [0.1, 0.15) is 0 Å². The number of Topliss-reactive ketones (excluding diaryl/α,β-unsaturated/α-hetero) is 1. The van der Waals surface area contributed by atoms with Crippen LogP contribution in [0.1, 0.15) is 11.3 Å². The number of ketones is 1. The molecule has 0 spiro atoms. The molecular weight excluding hydrogens is 195 g/mol. The van der Waals surface area contributed by atoms with E-state index < -0.39 is 18.4 Å². The molecule has 0 aliphatic rings. The number of nitrogens with zero attached hydrogens (tertiary/aromatic N) is 1. The molecule has 76 valence electrons. The summed E-state index contributed by atoms with van der Waals surface area (Å²) in [4.78, 5) is 14.4. The van der Waals surface area contributed by atoms with Crippen LogP contribution in [0.15, 0.2) is 18.3 Å². The second-order valence-electron chi connectivity index (χ2n) is 2.85. The molecule has 5 heteroatoms. The van der Waals surface area contributed by atoms with Gasteiger partial charge in [-0.1, -0.05) is 6.07 Å². The topological polar surface area (TPSA) is 30.0 Å². The summed E-state index contributed by atoms with van der Waals surface area (Å²) in [5.74, 6) is -1.74. The van der Waals surface area contributed by atoms with Crippen LogP contribution in [0.4, 0.5) is 13.2 Å². The Kier molecular flexibility index (Phi) is 2.88.